The van der Waals surface area contributed by atoms with Gasteiger partial charge in [0.2, 0.25) is 6.33 Å². The fraction of sp³-hybridized carbons (Fsp3) is 0. The number of halogens is 2. The Bertz CT molecular complexity index is 374. The second-order valence-corrected chi connectivity index (χ2v) is 3.38. The first kappa shape index (κ1) is 10.8. The van der Waals surface area contributed by atoms with Gasteiger partial charge in [-0.05, 0) is 33.6 Å². The van der Waals surface area contributed by atoms with Crippen LogP contribution in [0.4, 0.5) is 0 Å². The predicted molar refractivity (Wildman–Crippen MR) is 50.6 cm³/mol. The molecule has 2 heterocycles. The van der Waals surface area contributed by atoms with E-state index in [0.29, 0.717) is 0 Å². The van der Waals surface area contributed by atoms with Crippen LogP contribution in [0.5, 0.6) is 0 Å². The Labute approximate surface area is 106 Å². The SMILES string of the molecule is Ic1ccncc1-n1cnc[nH+]1.[I-]. The number of hydrogen-bond acceptors (Lipinski definition) is 2. The van der Waals surface area contributed by atoms with E-state index in [-0.39, 0.29) is 24.0 Å². The number of hydrogen-bond donors (Lipinski definition) is 0. The lowest BCUT2D eigenvalue weighted by Gasteiger charge is -1.97. The maximum Gasteiger partial charge on any atom is 0.304 e. The molecule has 0 spiro atoms. The minimum Gasteiger partial charge on any atom is -1.00 e. The summed E-state index contributed by atoms with van der Waals surface area (Å²) in [6, 6.07) is 1.95. The van der Waals surface area contributed by atoms with E-state index in [9.17, 15) is 0 Å². The van der Waals surface area contributed by atoms with Gasteiger partial charge in [-0.25, -0.2) is 0 Å². The van der Waals surface area contributed by atoms with E-state index in [4.69, 9.17) is 0 Å². The van der Waals surface area contributed by atoms with Gasteiger partial charge in [-0.1, -0.05) is 0 Å². The lowest BCUT2D eigenvalue weighted by atomic mass is 10.4. The van der Waals surface area contributed by atoms with Crippen molar-refractivity contribution in [2.45, 2.75) is 0 Å². The molecule has 0 atom stereocenters. The summed E-state index contributed by atoms with van der Waals surface area (Å²) in [5, 5.41) is 2.96. The van der Waals surface area contributed by atoms with Crippen LogP contribution in [0.3, 0.4) is 0 Å². The Kier molecular flexibility index (Phi) is 4.03. The minimum atomic E-state index is 0. The molecule has 0 unspecified atom stereocenters. The molecule has 13 heavy (non-hydrogen) atoms. The fourth-order valence-corrected chi connectivity index (χ4v) is 1.47. The van der Waals surface area contributed by atoms with Crippen LogP contribution in [0.1, 0.15) is 0 Å². The number of rotatable bonds is 1. The molecule has 0 aromatic carbocycles. The Morgan fingerprint density at radius 1 is 1.38 bits per heavy atom. The first-order valence-electron chi connectivity index (χ1n) is 3.38. The van der Waals surface area contributed by atoms with Crippen LogP contribution in [0.15, 0.2) is 31.1 Å². The molecular weight excluding hydrogens is 394 g/mol. The van der Waals surface area contributed by atoms with E-state index < -0.39 is 0 Å². The summed E-state index contributed by atoms with van der Waals surface area (Å²) in [6.07, 6.45) is 6.89. The normalized spacial score (nSPS) is 9.31. The summed E-state index contributed by atoms with van der Waals surface area (Å²) in [5.41, 5.74) is 1.01. The summed E-state index contributed by atoms with van der Waals surface area (Å²) in [6.45, 7) is 0. The molecule has 6 heteroatoms. The first-order valence-corrected chi connectivity index (χ1v) is 4.46. The van der Waals surface area contributed by atoms with Gasteiger partial charge in [0, 0.05) is 9.77 Å². The lowest BCUT2D eigenvalue weighted by molar-refractivity contribution is -0.475. The van der Waals surface area contributed by atoms with E-state index in [0.717, 1.165) is 9.26 Å². The third kappa shape index (κ3) is 2.36. The molecule has 0 radical (unpaired) electrons. The van der Waals surface area contributed by atoms with Gasteiger partial charge in [0.1, 0.15) is 5.69 Å². The van der Waals surface area contributed by atoms with Crippen LogP contribution in [0, 0.1) is 3.57 Å². The van der Waals surface area contributed by atoms with E-state index in [2.05, 4.69) is 37.7 Å². The quantitative estimate of drug-likeness (QED) is 0.506. The topological polar surface area (TPSA) is 44.9 Å². The zero-order valence-electron chi connectivity index (χ0n) is 6.48. The maximum absolute atomic E-state index is 4.03. The predicted octanol–water partition coefficient (Wildman–Crippen LogP) is -2.31. The van der Waals surface area contributed by atoms with Crippen LogP contribution >= 0.6 is 22.6 Å². The van der Waals surface area contributed by atoms with Gasteiger partial charge in [-0.2, -0.15) is 5.10 Å². The van der Waals surface area contributed by atoms with E-state index >= 15 is 0 Å². The first-order chi connectivity index (χ1) is 5.88. The number of aromatic nitrogens is 4. The van der Waals surface area contributed by atoms with Crippen LogP contribution in [0.25, 0.3) is 5.69 Å². The summed E-state index contributed by atoms with van der Waals surface area (Å²) < 4.78 is 2.95. The second-order valence-electron chi connectivity index (χ2n) is 2.22. The van der Waals surface area contributed by atoms with E-state index in [1.807, 2.05) is 10.7 Å². The third-order valence-electron chi connectivity index (χ3n) is 1.46. The number of pyridine rings is 1. The van der Waals surface area contributed by atoms with E-state index in [1.54, 1.807) is 25.0 Å². The Morgan fingerprint density at radius 2 is 2.23 bits per heavy atom. The van der Waals surface area contributed by atoms with Crippen molar-refractivity contribution >= 4 is 22.6 Å². The number of nitrogens with one attached hydrogen (secondary N) is 1. The van der Waals surface area contributed by atoms with Gasteiger partial charge in [0.25, 0.3) is 0 Å². The summed E-state index contributed by atoms with van der Waals surface area (Å²) in [4.78, 5) is 7.94. The van der Waals surface area contributed by atoms with Crippen molar-refractivity contribution < 1.29 is 29.1 Å². The van der Waals surface area contributed by atoms with Crippen molar-refractivity contribution in [3.05, 3.63) is 34.7 Å². The Hall–Kier alpha value is -0.250. The highest BCUT2D eigenvalue weighted by molar-refractivity contribution is 14.1. The Morgan fingerprint density at radius 3 is 2.85 bits per heavy atom. The molecule has 0 saturated heterocycles. The highest BCUT2D eigenvalue weighted by atomic mass is 127. The third-order valence-corrected chi connectivity index (χ3v) is 2.37. The van der Waals surface area contributed by atoms with Crippen molar-refractivity contribution in [3.8, 4) is 5.69 Å². The second kappa shape index (κ2) is 4.84. The number of H-pyrrole nitrogens is 1. The molecule has 0 aliphatic heterocycles. The summed E-state index contributed by atoms with van der Waals surface area (Å²) in [7, 11) is 0. The van der Waals surface area contributed by atoms with Crippen LogP contribution < -0.4 is 29.1 Å². The van der Waals surface area contributed by atoms with Crippen molar-refractivity contribution in [2.75, 3.05) is 0 Å². The monoisotopic (exact) mass is 400 g/mol. The zero-order chi connectivity index (χ0) is 8.39. The highest BCUT2D eigenvalue weighted by Crippen LogP contribution is 2.11. The minimum absolute atomic E-state index is 0. The molecule has 0 fully saturated rings. The maximum atomic E-state index is 4.03. The van der Waals surface area contributed by atoms with Crippen LogP contribution in [0.2, 0.25) is 0 Å². The molecule has 0 amide bonds. The molecular formula is C7H6I2N4. The number of aromatic amines is 1. The molecule has 2 aromatic rings. The van der Waals surface area contributed by atoms with Crippen molar-refractivity contribution in [2.24, 2.45) is 0 Å². The van der Waals surface area contributed by atoms with E-state index in [1.165, 1.54) is 0 Å². The van der Waals surface area contributed by atoms with Crippen molar-refractivity contribution in [3.63, 3.8) is 0 Å². The van der Waals surface area contributed by atoms with Gasteiger partial charge in [0.15, 0.2) is 0 Å². The summed E-state index contributed by atoms with van der Waals surface area (Å²) >= 11 is 2.25. The van der Waals surface area contributed by atoms with Crippen LogP contribution in [-0.4, -0.2) is 14.6 Å². The largest absolute Gasteiger partial charge is 1.00 e. The molecule has 0 aliphatic rings. The fourth-order valence-electron chi connectivity index (χ4n) is 0.907. The van der Waals surface area contributed by atoms with Gasteiger partial charge < -0.3 is 24.0 Å². The van der Waals surface area contributed by atoms with Crippen molar-refractivity contribution in [1.82, 2.24) is 14.6 Å². The highest BCUT2D eigenvalue weighted by Gasteiger charge is 2.04. The average Bonchev–Trinajstić information content (AvgIpc) is 2.57. The smallest absolute Gasteiger partial charge is 0.304 e. The standard InChI is InChI=1S/C7H5IN4.HI/c8-6-1-2-9-3-7(6)12-5-10-4-11-12;/h1-5H;1H. The van der Waals surface area contributed by atoms with Gasteiger partial charge in [0.05, 0.1) is 6.20 Å². The number of nitrogens with zero attached hydrogens (tertiary/aromatic N) is 3. The molecule has 2 aromatic heterocycles. The molecule has 2 rings (SSSR count). The van der Waals surface area contributed by atoms with Gasteiger partial charge in [-0.3, -0.25) is 4.98 Å². The molecule has 0 bridgehead atoms. The Balaban J connectivity index is 0.000000845. The molecule has 0 saturated carbocycles. The van der Waals surface area contributed by atoms with Crippen molar-refractivity contribution in [1.29, 1.82) is 0 Å². The van der Waals surface area contributed by atoms with Crippen LogP contribution in [-0.2, 0) is 0 Å². The summed E-state index contributed by atoms with van der Waals surface area (Å²) in [5.74, 6) is 0. The molecule has 68 valence electrons. The van der Waals surface area contributed by atoms with Gasteiger partial charge in [-0.15, -0.1) is 4.68 Å². The lowest BCUT2D eigenvalue weighted by Crippen LogP contribution is -3.00. The average molecular weight is 400 g/mol. The van der Waals surface area contributed by atoms with Gasteiger partial charge >= 0.3 is 6.33 Å². The zero-order valence-corrected chi connectivity index (χ0v) is 10.8. The molecule has 4 nitrogen and oxygen atoms in total. The molecule has 1 N–H and O–H groups in total. The molecule has 0 aliphatic carbocycles.